The Bertz CT molecular complexity index is 1500. The number of carbonyl (C=O) groups is 1. The molecule has 1 saturated heterocycles. The Morgan fingerprint density at radius 3 is 2.59 bits per heavy atom. The first-order valence-electron chi connectivity index (χ1n) is 12.3. The zero-order chi connectivity index (χ0) is 26.1. The number of carbonyl (C=O) groups excluding carboxylic acids is 1. The van der Waals surface area contributed by atoms with Crippen LogP contribution in [0.3, 0.4) is 0 Å². The van der Waals surface area contributed by atoms with Gasteiger partial charge < -0.3 is 14.6 Å². The first-order chi connectivity index (χ1) is 17.8. The maximum Gasteiger partial charge on any atom is 0.228 e. The van der Waals surface area contributed by atoms with Crippen LogP contribution < -0.4 is 4.74 Å². The molecule has 1 aliphatic rings. The summed E-state index contributed by atoms with van der Waals surface area (Å²) in [5.74, 6) is 0.403. The van der Waals surface area contributed by atoms with Gasteiger partial charge in [0.25, 0.3) is 0 Å². The summed E-state index contributed by atoms with van der Waals surface area (Å²) in [6.45, 7) is 9.44. The molecule has 4 aromatic rings. The van der Waals surface area contributed by atoms with Gasteiger partial charge in [-0.15, -0.1) is 0 Å². The molecule has 190 valence electrons. The summed E-state index contributed by atoms with van der Waals surface area (Å²) in [6.07, 6.45) is 0. The Kier molecular flexibility index (Phi) is 6.74. The molecule has 3 aromatic heterocycles. The van der Waals surface area contributed by atoms with Crippen molar-refractivity contribution in [2.75, 3.05) is 46.4 Å². The fraction of sp³-hybridized carbons (Fsp3) is 0.370. The average Bonchev–Trinajstić information content (AvgIpc) is 3.43. The number of aryl methyl sites for hydroxylation is 2. The highest BCUT2D eigenvalue weighted by molar-refractivity contribution is 6.08. The Hall–Kier alpha value is -4.07. The molecule has 0 aliphatic carbocycles. The van der Waals surface area contributed by atoms with Gasteiger partial charge in [-0.05, 0) is 45.2 Å². The van der Waals surface area contributed by atoms with Crippen LogP contribution in [0.5, 0.6) is 5.88 Å². The van der Waals surface area contributed by atoms with Crippen LogP contribution in [0.1, 0.15) is 33.1 Å². The number of hydrogen-bond acceptors (Lipinski definition) is 8. The number of hydrogen-bond donors (Lipinski definition) is 1. The van der Waals surface area contributed by atoms with E-state index in [1.807, 2.05) is 20.9 Å². The summed E-state index contributed by atoms with van der Waals surface area (Å²) in [7, 11) is 4.00. The molecule has 1 N–H and O–H groups in total. The van der Waals surface area contributed by atoms with Crippen LogP contribution in [0.25, 0.3) is 22.3 Å². The monoisotopic (exact) mass is 498 g/mol. The van der Waals surface area contributed by atoms with Gasteiger partial charge in [0, 0.05) is 68.2 Å². The lowest BCUT2D eigenvalue weighted by Crippen LogP contribution is -2.45. The zero-order valence-corrected chi connectivity index (χ0v) is 21.6. The first kappa shape index (κ1) is 24.6. The fourth-order valence-corrected chi connectivity index (χ4v) is 4.71. The third kappa shape index (κ3) is 4.96. The number of fused-ring (bicyclic) bond motifs is 1. The lowest BCUT2D eigenvalue weighted by Gasteiger charge is -2.32. The number of likely N-dealkylation sites (N-methyl/N-ethyl adjacent to an activating group) is 1. The van der Waals surface area contributed by atoms with Crippen LogP contribution in [-0.4, -0.2) is 86.7 Å². The van der Waals surface area contributed by atoms with Gasteiger partial charge in [-0.25, -0.2) is 4.98 Å². The molecule has 10 nitrogen and oxygen atoms in total. The van der Waals surface area contributed by atoms with E-state index < -0.39 is 0 Å². The first-order valence-corrected chi connectivity index (χ1v) is 12.3. The third-order valence-electron chi connectivity index (χ3n) is 6.97. The molecular formula is C27H30N8O2. The number of nitrogens with one attached hydrogen (secondary N) is 1. The van der Waals surface area contributed by atoms with Gasteiger partial charge in [0.1, 0.15) is 12.1 Å². The van der Waals surface area contributed by atoms with E-state index in [1.54, 1.807) is 35.0 Å². The smallest absolute Gasteiger partial charge is 0.228 e. The molecule has 0 bridgehead atoms. The van der Waals surface area contributed by atoms with E-state index >= 15 is 0 Å². The Morgan fingerprint density at radius 2 is 1.89 bits per heavy atom. The van der Waals surface area contributed by atoms with E-state index in [4.69, 9.17) is 4.74 Å². The van der Waals surface area contributed by atoms with Gasteiger partial charge in [0.05, 0.1) is 17.3 Å². The summed E-state index contributed by atoms with van der Waals surface area (Å²) in [6, 6.07) is 10.9. The molecule has 0 radical (unpaired) electrons. The highest BCUT2D eigenvalue weighted by atomic mass is 16.5. The molecular weight excluding hydrogens is 468 g/mol. The molecule has 1 aliphatic heterocycles. The lowest BCUT2D eigenvalue weighted by atomic mass is 9.95. The molecule has 37 heavy (non-hydrogen) atoms. The largest absolute Gasteiger partial charge is 0.476 e. The number of piperazine rings is 1. The van der Waals surface area contributed by atoms with Crippen molar-refractivity contribution in [2.45, 2.75) is 13.8 Å². The molecule has 1 aromatic carbocycles. The van der Waals surface area contributed by atoms with Crippen LogP contribution in [0.15, 0.2) is 30.3 Å². The normalized spacial score (nSPS) is 14.7. The van der Waals surface area contributed by atoms with Crippen molar-refractivity contribution in [1.29, 1.82) is 5.26 Å². The molecule has 1 fully saturated rings. The SMILES string of the molecule is Cc1nn(C)c(C)c1-c1cc(C(=O)c2nc3ccc(OCCN4CCN(C)CC4)nc3[nH]2)ccc1C#N. The number of aromatic nitrogens is 5. The van der Waals surface area contributed by atoms with Crippen LogP contribution in [0, 0.1) is 25.2 Å². The Balaban J connectivity index is 1.35. The summed E-state index contributed by atoms with van der Waals surface area (Å²) in [5.41, 5.74) is 5.26. The van der Waals surface area contributed by atoms with Crippen LogP contribution in [0.2, 0.25) is 0 Å². The maximum atomic E-state index is 13.4. The van der Waals surface area contributed by atoms with E-state index in [9.17, 15) is 10.1 Å². The fourth-order valence-electron chi connectivity index (χ4n) is 4.71. The van der Waals surface area contributed by atoms with Crippen molar-refractivity contribution in [3.05, 3.63) is 58.7 Å². The predicted octanol–water partition coefficient (Wildman–Crippen LogP) is 2.70. The second kappa shape index (κ2) is 10.1. The zero-order valence-electron chi connectivity index (χ0n) is 21.6. The number of rotatable bonds is 7. The number of benzene rings is 1. The predicted molar refractivity (Wildman–Crippen MR) is 140 cm³/mol. The van der Waals surface area contributed by atoms with Gasteiger partial charge in [0.2, 0.25) is 11.7 Å². The van der Waals surface area contributed by atoms with Crippen molar-refractivity contribution >= 4 is 16.9 Å². The van der Waals surface area contributed by atoms with Crippen molar-refractivity contribution in [3.8, 4) is 23.1 Å². The number of imidazole rings is 1. The molecule has 0 atom stereocenters. The van der Waals surface area contributed by atoms with E-state index in [0.29, 0.717) is 40.3 Å². The number of ketones is 1. The second-order valence-electron chi connectivity index (χ2n) is 9.47. The standard InChI is InChI=1S/C27H30N8O2/c1-17-24(18(2)34(4)32-17)21-15-19(5-6-20(21)16-28)25(36)27-29-22-7-8-23(30-26(22)31-27)37-14-13-35-11-9-33(3)10-12-35/h5-8,15H,9-14H2,1-4H3,(H,29,30,31). The quantitative estimate of drug-likeness (QED) is 0.387. The third-order valence-corrected chi connectivity index (χ3v) is 6.97. The van der Waals surface area contributed by atoms with Crippen LogP contribution in [0.4, 0.5) is 0 Å². The van der Waals surface area contributed by atoms with Crippen molar-refractivity contribution in [1.82, 2.24) is 34.5 Å². The molecule has 5 rings (SSSR count). The highest BCUT2D eigenvalue weighted by Gasteiger charge is 2.20. The number of aromatic amines is 1. The summed E-state index contributed by atoms with van der Waals surface area (Å²) in [4.78, 5) is 30.1. The van der Waals surface area contributed by atoms with E-state index in [0.717, 1.165) is 49.7 Å². The van der Waals surface area contributed by atoms with E-state index in [-0.39, 0.29) is 11.6 Å². The van der Waals surface area contributed by atoms with Gasteiger partial charge in [-0.1, -0.05) is 0 Å². The second-order valence-corrected chi connectivity index (χ2v) is 9.47. The average molecular weight is 499 g/mol. The number of nitriles is 1. The molecule has 0 unspecified atom stereocenters. The summed E-state index contributed by atoms with van der Waals surface area (Å²) >= 11 is 0. The van der Waals surface area contributed by atoms with Gasteiger partial charge in [-0.2, -0.15) is 15.3 Å². The lowest BCUT2D eigenvalue weighted by molar-refractivity contribution is 0.103. The summed E-state index contributed by atoms with van der Waals surface area (Å²) < 4.78 is 7.65. The molecule has 0 saturated carbocycles. The number of ether oxygens (including phenoxy) is 1. The van der Waals surface area contributed by atoms with Crippen LogP contribution in [-0.2, 0) is 7.05 Å². The van der Waals surface area contributed by atoms with Crippen LogP contribution >= 0.6 is 0 Å². The van der Waals surface area contributed by atoms with E-state index in [2.05, 4.69) is 43.0 Å². The van der Waals surface area contributed by atoms with Crippen molar-refractivity contribution in [3.63, 3.8) is 0 Å². The minimum absolute atomic E-state index is 0.187. The minimum atomic E-state index is -0.277. The van der Waals surface area contributed by atoms with E-state index in [1.165, 1.54) is 0 Å². The number of nitrogens with zero attached hydrogens (tertiary/aromatic N) is 7. The topological polar surface area (TPSA) is 116 Å². The Morgan fingerprint density at radius 1 is 1.11 bits per heavy atom. The minimum Gasteiger partial charge on any atom is -0.476 e. The molecule has 0 amide bonds. The van der Waals surface area contributed by atoms with Gasteiger partial charge in [0.15, 0.2) is 11.5 Å². The van der Waals surface area contributed by atoms with Crippen molar-refractivity contribution in [2.24, 2.45) is 7.05 Å². The van der Waals surface area contributed by atoms with Gasteiger partial charge in [-0.3, -0.25) is 14.4 Å². The number of H-pyrrole nitrogens is 1. The molecule has 10 heteroatoms. The van der Waals surface area contributed by atoms with Gasteiger partial charge >= 0.3 is 0 Å². The Labute approximate surface area is 215 Å². The maximum absolute atomic E-state index is 13.4. The number of pyridine rings is 1. The molecule has 0 spiro atoms. The molecule has 4 heterocycles. The summed E-state index contributed by atoms with van der Waals surface area (Å²) in [5, 5.41) is 14.1. The highest BCUT2D eigenvalue weighted by Crippen LogP contribution is 2.31. The van der Waals surface area contributed by atoms with Crippen molar-refractivity contribution < 1.29 is 9.53 Å².